The van der Waals surface area contributed by atoms with E-state index in [4.69, 9.17) is 11.6 Å². The van der Waals surface area contributed by atoms with Gasteiger partial charge in [-0.25, -0.2) is 0 Å². The number of carbonyl (C=O) groups excluding carboxylic acids is 1. The molecule has 156 valence electrons. The number of carbonyl (C=O) groups is 1. The van der Waals surface area contributed by atoms with Gasteiger partial charge in [0.15, 0.2) is 5.96 Å². The fourth-order valence-electron chi connectivity index (χ4n) is 3.71. The Bertz CT molecular complexity index is 682. The highest BCUT2D eigenvalue weighted by atomic mass is 127. The highest BCUT2D eigenvalue weighted by Crippen LogP contribution is 2.15. The molecule has 1 aromatic carbocycles. The van der Waals surface area contributed by atoms with E-state index in [1.807, 2.05) is 36.2 Å². The first-order chi connectivity index (χ1) is 13.1. The SMILES string of the molecule is CN=C(NCCN1CCC1)N1CCN(C(=O)Cc2cccc(Cl)c2)C(C)C1.I. The third-order valence-electron chi connectivity index (χ3n) is 5.36. The minimum atomic E-state index is 0. The molecule has 1 aromatic rings. The molecule has 0 spiro atoms. The second-order valence-electron chi connectivity index (χ2n) is 7.36. The van der Waals surface area contributed by atoms with E-state index in [2.05, 4.69) is 27.0 Å². The van der Waals surface area contributed by atoms with E-state index in [0.29, 0.717) is 18.0 Å². The number of hydrogen-bond donors (Lipinski definition) is 1. The minimum Gasteiger partial charge on any atom is -0.355 e. The summed E-state index contributed by atoms with van der Waals surface area (Å²) in [6.07, 6.45) is 1.71. The smallest absolute Gasteiger partial charge is 0.227 e. The largest absolute Gasteiger partial charge is 0.355 e. The topological polar surface area (TPSA) is 51.2 Å². The Hall–Kier alpha value is -1.06. The maximum atomic E-state index is 12.7. The van der Waals surface area contributed by atoms with E-state index >= 15 is 0 Å². The van der Waals surface area contributed by atoms with Crippen LogP contribution in [-0.2, 0) is 11.2 Å². The van der Waals surface area contributed by atoms with Gasteiger partial charge in [-0.1, -0.05) is 23.7 Å². The lowest BCUT2D eigenvalue weighted by Gasteiger charge is -2.41. The van der Waals surface area contributed by atoms with Gasteiger partial charge >= 0.3 is 0 Å². The van der Waals surface area contributed by atoms with Gasteiger partial charge < -0.3 is 20.0 Å². The summed E-state index contributed by atoms with van der Waals surface area (Å²) in [4.78, 5) is 23.8. The summed E-state index contributed by atoms with van der Waals surface area (Å²) >= 11 is 6.03. The lowest BCUT2D eigenvalue weighted by atomic mass is 10.1. The number of guanidine groups is 1. The highest BCUT2D eigenvalue weighted by Gasteiger charge is 2.28. The van der Waals surface area contributed by atoms with Crippen LogP contribution >= 0.6 is 35.6 Å². The van der Waals surface area contributed by atoms with E-state index in [0.717, 1.165) is 37.7 Å². The van der Waals surface area contributed by atoms with Crippen molar-refractivity contribution in [1.29, 1.82) is 0 Å². The fraction of sp³-hybridized carbons (Fsp3) is 0.600. The van der Waals surface area contributed by atoms with E-state index in [1.54, 1.807) is 0 Å². The first-order valence-electron chi connectivity index (χ1n) is 9.78. The number of piperazine rings is 1. The molecule has 1 atom stereocenters. The van der Waals surface area contributed by atoms with Crippen molar-refractivity contribution in [3.05, 3.63) is 34.9 Å². The number of hydrogen-bond acceptors (Lipinski definition) is 3. The maximum absolute atomic E-state index is 12.7. The van der Waals surface area contributed by atoms with Crippen LogP contribution in [0.2, 0.25) is 5.02 Å². The fourth-order valence-corrected chi connectivity index (χ4v) is 3.92. The van der Waals surface area contributed by atoms with Crippen molar-refractivity contribution in [1.82, 2.24) is 20.0 Å². The molecule has 2 aliphatic rings. The van der Waals surface area contributed by atoms with Gasteiger partial charge in [0.25, 0.3) is 0 Å². The van der Waals surface area contributed by atoms with Crippen LogP contribution in [0.1, 0.15) is 18.9 Å². The van der Waals surface area contributed by atoms with Crippen molar-refractivity contribution >= 4 is 47.4 Å². The van der Waals surface area contributed by atoms with Gasteiger partial charge in [-0.05, 0) is 44.1 Å². The molecule has 0 aromatic heterocycles. The number of benzene rings is 1. The summed E-state index contributed by atoms with van der Waals surface area (Å²) in [7, 11) is 1.83. The first-order valence-corrected chi connectivity index (χ1v) is 10.2. The van der Waals surface area contributed by atoms with Crippen molar-refractivity contribution in [2.75, 3.05) is 52.9 Å². The Morgan fingerprint density at radius 1 is 1.29 bits per heavy atom. The van der Waals surface area contributed by atoms with E-state index < -0.39 is 0 Å². The Morgan fingerprint density at radius 3 is 2.68 bits per heavy atom. The number of aliphatic imine (C=N–C) groups is 1. The Balaban J connectivity index is 0.00000280. The molecule has 28 heavy (non-hydrogen) atoms. The molecule has 1 N–H and O–H groups in total. The van der Waals surface area contributed by atoms with Crippen LogP contribution in [0, 0.1) is 0 Å². The quantitative estimate of drug-likeness (QED) is 0.369. The van der Waals surface area contributed by atoms with Gasteiger partial charge in [-0.3, -0.25) is 9.79 Å². The van der Waals surface area contributed by atoms with E-state index in [1.165, 1.54) is 19.5 Å². The zero-order chi connectivity index (χ0) is 19.2. The van der Waals surface area contributed by atoms with Gasteiger partial charge in [0.1, 0.15) is 0 Å². The minimum absolute atomic E-state index is 0. The van der Waals surface area contributed by atoms with Crippen molar-refractivity contribution in [3.8, 4) is 0 Å². The third kappa shape index (κ3) is 6.22. The summed E-state index contributed by atoms with van der Waals surface area (Å²) < 4.78 is 0. The van der Waals surface area contributed by atoms with Crippen molar-refractivity contribution in [2.24, 2.45) is 4.99 Å². The maximum Gasteiger partial charge on any atom is 0.227 e. The average molecular weight is 520 g/mol. The zero-order valence-corrected chi connectivity index (χ0v) is 19.8. The van der Waals surface area contributed by atoms with Crippen LogP contribution in [0.15, 0.2) is 29.3 Å². The highest BCUT2D eigenvalue weighted by molar-refractivity contribution is 14.0. The van der Waals surface area contributed by atoms with Crippen LogP contribution in [0.4, 0.5) is 0 Å². The number of halogens is 2. The zero-order valence-electron chi connectivity index (χ0n) is 16.7. The molecule has 8 heteroatoms. The van der Waals surface area contributed by atoms with Crippen LogP contribution in [0.25, 0.3) is 0 Å². The van der Waals surface area contributed by atoms with Gasteiger partial charge in [-0.2, -0.15) is 0 Å². The predicted molar refractivity (Wildman–Crippen MR) is 126 cm³/mol. The molecule has 3 rings (SSSR count). The molecule has 2 aliphatic heterocycles. The molecule has 1 unspecified atom stereocenters. The Labute approximate surface area is 190 Å². The van der Waals surface area contributed by atoms with Crippen molar-refractivity contribution in [3.63, 3.8) is 0 Å². The Kier molecular flexibility index (Phi) is 9.30. The second-order valence-corrected chi connectivity index (χ2v) is 7.79. The van der Waals surface area contributed by atoms with Crippen LogP contribution in [0.3, 0.4) is 0 Å². The summed E-state index contributed by atoms with van der Waals surface area (Å²) in [6.45, 7) is 8.82. The molecule has 6 nitrogen and oxygen atoms in total. The van der Waals surface area contributed by atoms with Gasteiger partial charge in [0, 0.05) is 50.8 Å². The van der Waals surface area contributed by atoms with Crippen LogP contribution in [0.5, 0.6) is 0 Å². The standard InChI is InChI=1S/C20H30ClN5O.HI/c1-16-15-25(20(22-2)23-7-10-24-8-4-9-24)11-12-26(16)19(27)14-17-5-3-6-18(21)13-17;/h3,5-6,13,16H,4,7-12,14-15H2,1-2H3,(H,22,23);1H. The van der Waals surface area contributed by atoms with Crippen LogP contribution in [-0.4, -0.2) is 85.5 Å². The average Bonchev–Trinajstić information content (AvgIpc) is 2.60. The lowest BCUT2D eigenvalue weighted by Crippen LogP contribution is -2.58. The molecule has 0 radical (unpaired) electrons. The molecule has 2 heterocycles. The third-order valence-corrected chi connectivity index (χ3v) is 5.60. The van der Waals surface area contributed by atoms with Gasteiger partial charge in [0.05, 0.1) is 6.42 Å². The number of amides is 1. The Morgan fingerprint density at radius 2 is 2.07 bits per heavy atom. The van der Waals surface area contributed by atoms with Gasteiger partial charge in [0.2, 0.25) is 5.91 Å². The predicted octanol–water partition coefficient (Wildman–Crippen LogP) is 2.31. The molecule has 1 amide bonds. The van der Waals surface area contributed by atoms with E-state index in [9.17, 15) is 4.79 Å². The number of nitrogens with one attached hydrogen (secondary N) is 1. The van der Waals surface area contributed by atoms with Gasteiger partial charge in [-0.15, -0.1) is 24.0 Å². The monoisotopic (exact) mass is 519 g/mol. The number of nitrogens with zero attached hydrogens (tertiary/aromatic N) is 4. The van der Waals surface area contributed by atoms with Crippen LogP contribution < -0.4 is 5.32 Å². The van der Waals surface area contributed by atoms with Crippen molar-refractivity contribution in [2.45, 2.75) is 25.8 Å². The summed E-state index contributed by atoms with van der Waals surface area (Å²) in [5, 5.41) is 4.14. The molecule has 0 bridgehead atoms. The second kappa shape index (κ2) is 11.2. The molecule has 2 saturated heterocycles. The first kappa shape index (κ1) is 23.2. The molecule has 0 saturated carbocycles. The van der Waals surface area contributed by atoms with E-state index in [-0.39, 0.29) is 35.9 Å². The number of rotatable bonds is 5. The normalized spacial score (nSPS) is 20.4. The molecule has 2 fully saturated rings. The van der Waals surface area contributed by atoms with Crippen molar-refractivity contribution < 1.29 is 4.79 Å². The lowest BCUT2D eigenvalue weighted by molar-refractivity contribution is -0.134. The molecule has 0 aliphatic carbocycles. The molecular weight excluding hydrogens is 489 g/mol. The summed E-state index contributed by atoms with van der Waals surface area (Å²) in [5.41, 5.74) is 0.964. The summed E-state index contributed by atoms with van der Waals surface area (Å²) in [5.74, 6) is 1.09. The molecular formula is C20H31ClIN5O. The summed E-state index contributed by atoms with van der Waals surface area (Å²) in [6, 6.07) is 7.69. The number of likely N-dealkylation sites (tertiary alicyclic amines) is 1.